The molecule has 2 rings (SSSR count). The first-order valence-corrected chi connectivity index (χ1v) is 7.17. The number of hydrogen-bond acceptors (Lipinski definition) is 3. The van der Waals surface area contributed by atoms with Crippen LogP contribution in [-0.2, 0) is 11.3 Å². The number of anilines is 1. The lowest BCUT2D eigenvalue weighted by atomic mass is 10.2. The second-order valence-corrected chi connectivity index (χ2v) is 4.73. The number of carbonyl (C=O) groups is 1. The lowest BCUT2D eigenvalue weighted by Crippen LogP contribution is -2.21. The van der Waals surface area contributed by atoms with Crippen molar-refractivity contribution in [1.29, 1.82) is 0 Å². The molecule has 114 valence electrons. The van der Waals surface area contributed by atoms with E-state index in [1.165, 1.54) is 0 Å². The van der Waals surface area contributed by atoms with Crippen LogP contribution in [-0.4, -0.2) is 19.1 Å². The van der Waals surface area contributed by atoms with Gasteiger partial charge in [-0.3, -0.25) is 4.79 Å². The summed E-state index contributed by atoms with van der Waals surface area (Å²) in [4.78, 5) is 11.9. The largest absolute Gasteiger partial charge is 0.483 e. The van der Waals surface area contributed by atoms with E-state index in [2.05, 4.69) is 17.2 Å². The SMILES string of the molecule is C=CCNCc1ccccc1OCC(=O)Nc1ccccc1. The van der Waals surface area contributed by atoms with Crippen molar-refractivity contribution in [3.63, 3.8) is 0 Å². The quantitative estimate of drug-likeness (QED) is 0.581. The van der Waals surface area contributed by atoms with Gasteiger partial charge >= 0.3 is 0 Å². The molecule has 0 bridgehead atoms. The topological polar surface area (TPSA) is 50.4 Å². The molecule has 1 amide bonds. The zero-order chi connectivity index (χ0) is 15.6. The highest BCUT2D eigenvalue weighted by molar-refractivity contribution is 5.91. The first kappa shape index (κ1) is 15.8. The van der Waals surface area contributed by atoms with Gasteiger partial charge in [-0.05, 0) is 18.2 Å². The molecule has 0 aliphatic carbocycles. The van der Waals surface area contributed by atoms with Crippen LogP contribution in [0.25, 0.3) is 0 Å². The molecule has 0 atom stereocenters. The number of hydrogen-bond donors (Lipinski definition) is 2. The maximum Gasteiger partial charge on any atom is 0.262 e. The molecular weight excluding hydrogens is 276 g/mol. The van der Waals surface area contributed by atoms with Crippen LogP contribution in [0, 0.1) is 0 Å². The predicted octanol–water partition coefficient (Wildman–Crippen LogP) is 2.98. The number of ether oxygens (including phenoxy) is 1. The minimum absolute atomic E-state index is 0.0205. The Kier molecular flexibility index (Phi) is 6.20. The number of nitrogens with one attached hydrogen (secondary N) is 2. The first-order chi connectivity index (χ1) is 10.8. The van der Waals surface area contributed by atoms with Gasteiger partial charge in [0.2, 0.25) is 0 Å². The molecule has 2 aromatic carbocycles. The molecule has 0 radical (unpaired) electrons. The van der Waals surface area contributed by atoms with Gasteiger partial charge < -0.3 is 15.4 Å². The molecule has 0 unspecified atom stereocenters. The van der Waals surface area contributed by atoms with E-state index in [9.17, 15) is 4.79 Å². The smallest absolute Gasteiger partial charge is 0.262 e. The van der Waals surface area contributed by atoms with E-state index in [-0.39, 0.29) is 12.5 Å². The van der Waals surface area contributed by atoms with Crippen LogP contribution in [0.5, 0.6) is 5.75 Å². The molecule has 4 nitrogen and oxygen atoms in total. The Morgan fingerprint density at radius 1 is 1.09 bits per heavy atom. The molecule has 2 N–H and O–H groups in total. The van der Waals surface area contributed by atoms with Gasteiger partial charge in [0.05, 0.1) is 0 Å². The molecule has 0 aromatic heterocycles. The molecule has 4 heteroatoms. The summed E-state index contributed by atoms with van der Waals surface area (Å²) in [5.41, 5.74) is 1.77. The molecular formula is C18H20N2O2. The zero-order valence-corrected chi connectivity index (χ0v) is 12.4. The monoisotopic (exact) mass is 296 g/mol. The maximum absolute atomic E-state index is 11.9. The molecule has 0 saturated heterocycles. The minimum Gasteiger partial charge on any atom is -0.483 e. The summed E-state index contributed by atoms with van der Waals surface area (Å²) in [6.07, 6.45) is 1.80. The van der Waals surface area contributed by atoms with Crippen molar-refractivity contribution in [1.82, 2.24) is 5.32 Å². The van der Waals surface area contributed by atoms with E-state index in [0.717, 1.165) is 17.8 Å². The van der Waals surface area contributed by atoms with Gasteiger partial charge in [0.25, 0.3) is 5.91 Å². The average molecular weight is 296 g/mol. The fourth-order valence-corrected chi connectivity index (χ4v) is 1.96. The van der Waals surface area contributed by atoms with Crippen molar-refractivity contribution in [2.75, 3.05) is 18.5 Å². The van der Waals surface area contributed by atoms with E-state index >= 15 is 0 Å². The van der Waals surface area contributed by atoms with Gasteiger partial charge in [-0.15, -0.1) is 6.58 Å². The third-order valence-electron chi connectivity index (χ3n) is 2.99. The van der Waals surface area contributed by atoms with Gasteiger partial charge in [-0.2, -0.15) is 0 Å². The highest BCUT2D eigenvalue weighted by Gasteiger charge is 2.06. The number of para-hydroxylation sites is 2. The van der Waals surface area contributed by atoms with E-state index in [1.54, 1.807) is 6.08 Å². The number of benzene rings is 2. The maximum atomic E-state index is 11.9. The molecule has 0 fully saturated rings. The van der Waals surface area contributed by atoms with Gasteiger partial charge in [0.1, 0.15) is 5.75 Å². The lowest BCUT2D eigenvalue weighted by molar-refractivity contribution is -0.118. The summed E-state index contributed by atoms with van der Waals surface area (Å²) in [5.74, 6) is 0.530. The Morgan fingerprint density at radius 2 is 1.82 bits per heavy atom. The fourth-order valence-electron chi connectivity index (χ4n) is 1.96. The van der Waals surface area contributed by atoms with Crippen LogP contribution in [0.3, 0.4) is 0 Å². The van der Waals surface area contributed by atoms with Crippen LogP contribution >= 0.6 is 0 Å². The summed E-state index contributed by atoms with van der Waals surface area (Å²) >= 11 is 0. The molecule has 0 aliphatic rings. The van der Waals surface area contributed by atoms with Crippen molar-refractivity contribution in [2.45, 2.75) is 6.54 Å². The van der Waals surface area contributed by atoms with Crippen LogP contribution in [0.4, 0.5) is 5.69 Å². The third kappa shape index (κ3) is 5.07. The van der Waals surface area contributed by atoms with Crippen LogP contribution < -0.4 is 15.4 Å². The van der Waals surface area contributed by atoms with E-state index in [4.69, 9.17) is 4.74 Å². The van der Waals surface area contributed by atoms with E-state index in [0.29, 0.717) is 12.3 Å². The van der Waals surface area contributed by atoms with Gasteiger partial charge in [0.15, 0.2) is 6.61 Å². The standard InChI is InChI=1S/C18H20N2O2/c1-2-12-19-13-15-8-6-7-11-17(15)22-14-18(21)20-16-9-4-3-5-10-16/h2-11,19H,1,12-14H2,(H,20,21). The Balaban J connectivity index is 1.88. The number of amides is 1. The molecule has 0 saturated carbocycles. The molecule has 2 aromatic rings. The molecule has 22 heavy (non-hydrogen) atoms. The first-order valence-electron chi connectivity index (χ1n) is 7.17. The summed E-state index contributed by atoms with van der Waals surface area (Å²) in [7, 11) is 0. The van der Waals surface area contributed by atoms with Crippen molar-refractivity contribution < 1.29 is 9.53 Å². The fraction of sp³-hybridized carbons (Fsp3) is 0.167. The Hall–Kier alpha value is -2.59. The minimum atomic E-state index is -0.181. The molecule has 0 heterocycles. The Labute approximate surface area is 130 Å². The van der Waals surface area contributed by atoms with Crippen molar-refractivity contribution in [3.05, 3.63) is 72.8 Å². The summed E-state index contributed by atoms with van der Waals surface area (Å²) in [6, 6.07) is 17.0. The number of carbonyl (C=O) groups excluding carboxylic acids is 1. The van der Waals surface area contributed by atoms with Crippen molar-refractivity contribution in [3.8, 4) is 5.75 Å². The second-order valence-electron chi connectivity index (χ2n) is 4.73. The molecule has 0 spiro atoms. The third-order valence-corrected chi connectivity index (χ3v) is 2.99. The number of rotatable bonds is 8. The summed E-state index contributed by atoms with van der Waals surface area (Å²) < 4.78 is 5.62. The Bertz CT molecular complexity index is 611. The summed E-state index contributed by atoms with van der Waals surface area (Å²) in [6.45, 7) is 5.04. The zero-order valence-electron chi connectivity index (χ0n) is 12.4. The van der Waals surface area contributed by atoms with Crippen LogP contribution in [0.2, 0.25) is 0 Å². The summed E-state index contributed by atoms with van der Waals surface area (Å²) in [5, 5.41) is 6.01. The van der Waals surface area contributed by atoms with Gasteiger partial charge in [0, 0.05) is 24.3 Å². The predicted molar refractivity (Wildman–Crippen MR) is 88.9 cm³/mol. The average Bonchev–Trinajstić information content (AvgIpc) is 2.55. The highest BCUT2D eigenvalue weighted by atomic mass is 16.5. The Morgan fingerprint density at radius 3 is 2.59 bits per heavy atom. The van der Waals surface area contributed by atoms with E-state index in [1.807, 2.05) is 54.6 Å². The highest BCUT2D eigenvalue weighted by Crippen LogP contribution is 2.17. The van der Waals surface area contributed by atoms with Crippen LogP contribution in [0.15, 0.2) is 67.3 Å². The van der Waals surface area contributed by atoms with Gasteiger partial charge in [-0.1, -0.05) is 42.5 Å². The van der Waals surface area contributed by atoms with E-state index < -0.39 is 0 Å². The molecule has 0 aliphatic heterocycles. The van der Waals surface area contributed by atoms with Crippen LogP contribution in [0.1, 0.15) is 5.56 Å². The van der Waals surface area contributed by atoms with Crippen molar-refractivity contribution >= 4 is 11.6 Å². The van der Waals surface area contributed by atoms with Crippen molar-refractivity contribution in [2.24, 2.45) is 0 Å². The van der Waals surface area contributed by atoms with Gasteiger partial charge in [-0.25, -0.2) is 0 Å². The normalized spacial score (nSPS) is 10.0. The lowest BCUT2D eigenvalue weighted by Gasteiger charge is -2.12. The second kappa shape index (κ2) is 8.64.